The van der Waals surface area contributed by atoms with Gasteiger partial charge in [-0.15, -0.1) is 0 Å². The molecule has 0 aliphatic carbocycles. The highest BCUT2D eigenvalue weighted by molar-refractivity contribution is 6.33. The number of benzene rings is 1. The van der Waals surface area contributed by atoms with Gasteiger partial charge in [-0.2, -0.15) is 10.1 Å². The van der Waals surface area contributed by atoms with Crippen LogP contribution in [0, 0.1) is 0 Å². The van der Waals surface area contributed by atoms with Gasteiger partial charge in [0.25, 0.3) is 5.89 Å². The van der Waals surface area contributed by atoms with E-state index in [9.17, 15) is 0 Å². The van der Waals surface area contributed by atoms with Crippen LogP contribution >= 0.6 is 11.6 Å². The molecule has 0 radical (unpaired) electrons. The topological polar surface area (TPSA) is 56.7 Å². The molecule has 0 spiro atoms. The molecule has 19 heavy (non-hydrogen) atoms. The quantitative estimate of drug-likeness (QED) is 0.735. The van der Waals surface area contributed by atoms with Gasteiger partial charge in [-0.3, -0.25) is 4.68 Å². The predicted octanol–water partition coefficient (Wildman–Crippen LogP) is 3.27. The maximum absolute atomic E-state index is 6.10. The highest BCUT2D eigenvalue weighted by Crippen LogP contribution is 2.27. The number of aromatic nitrogens is 4. The molecule has 0 fully saturated rings. The van der Waals surface area contributed by atoms with Gasteiger partial charge < -0.3 is 4.52 Å². The van der Waals surface area contributed by atoms with Gasteiger partial charge in [0.05, 0.1) is 16.8 Å². The third kappa shape index (κ3) is 2.24. The molecule has 0 bridgehead atoms. The van der Waals surface area contributed by atoms with Gasteiger partial charge in [0.2, 0.25) is 5.82 Å². The molecule has 0 saturated heterocycles. The van der Waals surface area contributed by atoms with E-state index in [-0.39, 0.29) is 0 Å². The van der Waals surface area contributed by atoms with E-state index in [0.717, 1.165) is 17.7 Å². The first-order chi connectivity index (χ1) is 9.28. The highest BCUT2D eigenvalue weighted by atomic mass is 35.5. The molecule has 0 aliphatic rings. The van der Waals surface area contributed by atoms with Gasteiger partial charge in [-0.25, -0.2) is 0 Å². The molecule has 1 aromatic carbocycles. The number of nitrogens with zero attached hydrogens (tertiary/aromatic N) is 4. The minimum atomic E-state index is 0.439. The number of halogens is 1. The average molecular weight is 275 g/mol. The molecule has 0 saturated carbocycles. The summed E-state index contributed by atoms with van der Waals surface area (Å²) < 4.78 is 7.05. The van der Waals surface area contributed by atoms with Crippen molar-refractivity contribution < 1.29 is 4.52 Å². The van der Waals surface area contributed by atoms with Crippen LogP contribution in [0.3, 0.4) is 0 Å². The first-order valence-corrected chi connectivity index (χ1v) is 6.27. The van der Waals surface area contributed by atoms with E-state index in [1.807, 2.05) is 31.3 Å². The minimum absolute atomic E-state index is 0.439. The van der Waals surface area contributed by atoms with Crippen molar-refractivity contribution in [1.82, 2.24) is 19.9 Å². The SMILES string of the molecule is CCn1cc(-c2nc(-c3ccccc3Cl)no2)cn1. The second-order valence-corrected chi connectivity index (χ2v) is 4.39. The van der Waals surface area contributed by atoms with E-state index in [1.165, 1.54) is 0 Å². The van der Waals surface area contributed by atoms with Crippen LogP contribution in [-0.4, -0.2) is 19.9 Å². The summed E-state index contributed by atoms with van der Waals surface area (Å²) in [6.07, 6.45) is 3.57. The Morgan fingerprint density at radius 3 is 2.89 bits per heavy atom. The summed E-state index contributed by atoms with van der Waals surface area (Å²) in [6, 6.07) is 7.39. The smallest absolute Gasteiger partial charge is 0.261 e. The van der Waals surface area contributed by atoms with Crippen molar-refractivity contribution in [3.05, 3.63) is 41.7 Å². The molecular weight excluding hydrogens is 264 g/mol. The Hall–Kier alpha value is -2.14. The van der Waals surface area contributed by atoms with Gasteiger partial charge in [0.15, 0.2) is 0 Å². The Balaban J connectivity index is 1.97. The van der Waals surface area contributed by atoms with Gasteiger partial charge >= 0.3 is 0 Å². The van der Waals surface area contributed by atoms with Crippen LogP contribution in [0.5, 0.6) is 0 Å². The van der Waals surface area contributed by atoms with Gasteiger partial charge in [-0.05, 0) is 19.1 Å². The van der Waals surface area contributed by atoms with Crippen LogP contribution in [0.25, 0.3) is 22.8 Å². The maximum Gasteiger partial charge on any atom is 0.261 e. The molecule has 3 aromatic rings. The van der Waals surface area contributed by atoms with Crippen molar-refractivity contribution in [1.29, 1.82) is 0 Å². The number of hydrogen-bond donors (Lipinski definition) is 0. The summed E-state index contributed by atoms with van der Waals surface area (Å²) in [5.74, 6) is 0.916. The van der Waals surface area contributed by atoms with Crippen LogP contribution in [0.1, 0.15) is 6.92 Å². The zero-order chi connectivity index (χ0) is 13.2. The van der Waals surface area contributed by atoms with Crippen LogP contribution in [0.4, 0.5) is 0 Å². The van der Waals surface area contributed by atoms with Crippen molar-refractivity contribution in [2.24, 2.45) is 0 Å². The van der Waals surface area contributed by atoms with E-state index in [0.29, 0.717) is 16.7 Å². The predicted molar refractivity (Wildman–Crippen MR) is 71.6 cm³/mol. The molecule has 3 rings (SSSR count). The monoisotopic (exact) mass is 274 g/mol. The summed E-state index contributed by atoms with van der Waals surface area (Å²) >= 11 is 6.10. The van der Waals surface area contributed by atoms with E-state index in [2.05, 4.69) is 15.2 Å². The van der Waals surface area contributed by atoms with Crippen molar-refractivity contribution in [3.63, 3.8) is 0 Å². The second-order valence-electron chi connectivity index (χ2n) is 3.99. The first-order valence-electron chi connectivity index (χ1n) is 5.89. The van der Waals surface area contributed by atoms with Crippen molar-refractivity contribution in [2.75, 3.05) is 0 Å². The lowest BCUT2D eigenvalue weighted by molar-refractivity contribution is 0.432. The van der Waals surface area contributed by atoms with E-state index in [1.54, 1.807) is 16.9 Å². The molecule has 0 unspecified atom stereocenters. The second kappa shape index (κ2) is 4.85. The molecule has 5 nitrogen and oxygen atoms in total. The fraction of sp³-hybridized carbons (Fsp3) is 0.154. The van der Waals surface area contributed by atoms with E-state index >= 15 is 0 Å². The largest absolute Gasteiger partial charge is 0.333 e. The number of hydrogen-bond acceptors (Lipinski definition) is 4. The van der Waals surface area contributed by atoms with Crippen LogP contribution in [-0.2, 0) is 6.54 Å². The molecular formula is C13H11ClN4O. The van der Waals surface area contributed by atoms with Crippen LogP contribution < -0.4 is 0 Å². The summed E-state index contributed by atoms with van der Waals surface area (Å²) in [5.41, 5.74) is 1.55. The lowest BCUT2D eigenvalue weighted by Crippen LogP contribution is -1.91. The van der Waals surface area contributed by atoms with Gasteiger partial charge in [0.1, 0.15) is 0 Å². The van der Waals surface area contributed by atoms with Gasteiger partial charge in [-0.1, -0.05) is 28.9 Å². The maximum atomic E-state index is 6.10. The number of rotatable bonds is 3. The Kier molecular flexibility index (Phi) is 3.05. The van der Waals surface area contributed by atoms with Crippen LogP contribution in [0.2, 0.25) is 5.02 Å². The van der Waals surface area contributed by atoms with Crippen molar-refractivity contribution in [3.8, 4) is 22.8 Å². The zero-order valence-electron chi connectivity index (χ0n) is 10.2. The summed E-state index contributed by atoms with van der Waals surface area (Å²) in [5, 5.41) is 8.72. The molecule has 6 heteroatoms. The standard InChI is InChI=1S/C13H11ClN4O/c1-2-18-8-9(7-15-18)13-16-12(17-19-13)10-5-3-4-6-11(10)14/h3-8H,2H2,1H3. The molecule has 0 aliphatic heterocycles. The molecule has 0 atom stereocenters. The Bertz CT molecular complexity index is 704. The molecule has 2 heterocycles. The fourth-order valence-electron chi connectivity index (χ4n) is 1.74. The number of aryl methyl sites for hydroxylation is 1. The Labute approximate surface area is 114 Å². The van der Waals surface area contributed by atoms with E-state index in [4.69, 9.17) is 16.1 Å². The molecule has 0 amide bonds. The normalized spacial score (nSPS) is 10.8. The Morgan fingerprint density at radius 2 is 2.16 bits per heavy atom. The average Bonchev–Trinajstić information content (AvgIpc) is 3.08. The minimum Gasteiger partial charge on any atom is -0.333 e. The molecule has 2 aromatic heterocycles. The van der Waals surface area contributed by atoms with Crippen molar-refractivity contribution >= 4 is 11.6 Å². The summed E-state index contributed by atoms with van der Waals surface area (Å²) in [7, 11) is 0. The first kappa shape index (κ1) is 11.9. The Morgan fingerprint density at radius 1 is 1.32 bits per heavy atom. The van der Waals surface area contributed by atoms with Crippen LogP contribution in [0.15, 0.2) is 41.2 Å². The highest BCUT2D eigenvalue weighted by Gasteiger charge is 2.13. The van der Waals surface area contributed by atoms with Gasteiger partial charge in [0, 0.05) is 18.3 Å². The van der Waals surface area contributed by atoms with E-state index < -0.39 is 0 Å². The zero-order valence-corrected chi connectivity index (χ0v) is 11.0. The summed E-state index contributed by atoms with van der Waals surface area (Å²) in [4.78, 5) is 4.34. The lowest BCUT2D eigenvalue weighted by Gasteiger charge is -1.95. The molecule has 0 N–H and O–H groups in total. The lowest BCUT2D eigenvalue weighted by atomic mass is 10.2. The third-order valence-corrected chi connectivity index (χ3v) is 3.07. The molecule has 96 valence electrons. The summed E-state index contributed by atoms with van der Waals surface area (Å²) in [6.45, 7) is 2.81. The fourth-order valence-corrected chi connectivity index (χ4v) is 1.96. The van der Waals surface area contributed by atoms with Crippen molar-refractivity contribution in [2.45, 2.75) is 13.5 Å². The third-order valence-electron chi connectivity index (χ3n) is 2.74.